The molecule has 1 aliphatic heterocycles. The number of methoxy groups -OCH3 is 1. The van der Waals surface area contributed by atoms with Gasteiger partial charge in [-0.05, 0) is 49.1 Å². The van der Waals surface area contributed by atoms with E-state index >= 15 is 0 Å². The number of aromatic nitrogens is 1. The maximum absolute atomic E-state index is 12.7. The summed E-state index contributed by atoms with van der Waals surface area (Å²) >= 11 is 12.2. The molecule has 0 saturated carbocycles. The molecule has 0 radical (unpaired) electrons. The zero-order valence-electron chi connectivity index (χ0n) is 14.0. The average Bonchev–Trinajstić information content (AvgIpc) is 2.64. The molecular weight excluding hydrogens is 359 g/mol. The van der Waals surface area contributed by atoms with Gasteiger partial charge < -0.3 is 9.64 Å². The SMILES string of the molecule is COC[C@H]1CCCN(C(=O)c2ccc(-c3cc(Cl)ccc3Cl)nc2)C1. The zero-order valence-corrected chi connectivity index (χ0v) is 15.6. The van der Waals surface area contributed by atoms with Crippen molar-refractivity contribution < 1.29 is 9.53 Å². The van der Waals surface area contributed by atoms with E-state index in [2.05, 4.69) is 4.98 Å². The number of nitrogens with zero attached hydrogens (tertiary/aromatic N) is 2. The van der Waals surface area contributed by atoms with E-state index < -0.39 is 0 Å². The molecule has 132 valence electrons. The summed E-state index contributed by atoms with van der Waals surface area (Å²) in [5.41, 5.74) is 2.03. The first-order valence-electron chi connectivity index (χ1n) is 8.28. The van der Waals surface area contributed by atoms with E-state index in [1.807, 2.05) is 4.90 Å². The van der Waals surface area contributed by atoms with Crippen LogP contribution >= 0.6 is 23.2 Å². The van der Waals surface area contributed by atoms with Crippen LogP contribution in [0.2, 0.25) is 10.0 Å². The van der Waals surface area contributed by atoms with Crippen LogP contribution in [-0.2, 0) is 4.74 Å². The predicted octanol–water partition coefficient (Wildman–Crippen LogP) is 4.55. The van der Waals surface area contributed by atoms with Crippen molar-refractivity contribution in [1.82, 2.24) is 9.88 Å². The Hall–Kier alpha value is -1.62. The van der Waals surface area contributed by atoms with Gasteiger partial charge in [0.2, 0.25) is 0 Å². The summed E-state index contributed by atoms with van der Waals surface area (Å²) in [4.78, 5) is 19.0. The van der Waals surface area contributed by atoms with Crippen LogP contribution in [0, 0.1) is 5.92 Å². The highest BCUT2D eigenvalue weighted by molar-refractivity contribution is 6.35. The topological polar surface area (TPSA) is 42.4 Å². The fourth-order valence-electron chi connectivity index (χ4n) is 3.18. The van der Waals surface area contributed by atoms with Gasteiger partial charge in [-0.15, -0.1) is 0 Å². The molecule has 1 amide bonds. The standard InChI is InChI=1S/C19H20Cl2N2O2/c1-25-12-13-3-2-8-23(11-13)19(24)14-4-7-18(22-10-14)16-9-15(20)5-6-17(16)21/h4-7,9-10,13H,2-3,8,11-12H2,1H3/t13-/m0/s1. The summed E-state index contributed by atoms with van der Waals surface area (Å²) < 4.78 is 5.23. The molecule has 1 aromatic heterocycles. The van der Waals surface area contributed by atoms with Crippen LogP contribution in [0.25, 0.3) is 11.3 Å². The normalized spacial score (nSPS) is 17.6. The van der Waals surface area contributed by atoms with Gasteiger partial charge in [-0.25, -0.2) is 0 Å². The van der Waals surface area contributed by atoms with Gasteiger partial charge in [0.25, 0.3) is 5.91 Å². The minimum absolute atomic E-state index is 0.0112. The molecule has 1 saturated heterocycles. The highest BCUT2D eigenvalue weighted by Crippen LogP contribution is 2.29. The maximum atomic E-state index is 12.7. The smallest absolute Gasteiger partial charge is 0.255 e. The van der Waals surface area contributed by atoms with Crippen LogP contribution in [0.5, 0.6) is 0 Å². The fraction of sp³-hybridized carbons (Fsp3) is 0.368. The molecule has 1 atom stereocenters. The van der Waals surface area contributed by atoms with E-state index in [0.717, 1.165) is 31.5 Å². The third-order valence-electron chi connectivity index (χ3n) is 4.42. The number of halogens is 2. The zero-order chi connectivity index (χ0) is 17.8. The summed E-state index contributed by atoms with van der Waals surface area (Å²) in [6, 6.07) is 8.85. The third kappa shape index (κ3) is 4.32. The molecule has 6 heteroatoms. The molecule has 3 rings (SSSR count). The number of benzene rings is 1. The number of carbonyl (C=O) groups is 1. The Morgan fingerprint density at radius 3 is 2.88 bits per heavy atom. The number of carbonyl (C=O) groups excluding carboxylic acids is 1. The number of rotatable bonds is 4. The first-order chi connectivity index (χ1) is 12.1. The molecule has 0 bridgehead atoms. The Labute approximate surface area is 157 Å². The van der Waals surface area contributed by atoms with Crippen molar-refractivity contribution in [2.45, 2.75) is 12.8 Å². The lowest BCUT2D eigenvalue weighted by Gasteiger charge is -2.32. The summed E-state index contributed by atoms with van der Waals surface area (Å²) in [7, 11) is 1.70. The van der Waals surface area contributed by atoms with Crippen LogP contribution in [0.3, 0.4) is 0 Å². The van der Waals surface area contributed by atoms with Gasteiger partial charge >= 0.3 is 0 Å². The number of amides is 1. The van der Waals surface area contributed by atoms with E-state index in [4.69, 9.17) is 27.9 Å². The molecule has 1 aromatic carbocycles. The predicted molar refractivity (Wildman–Crippen MR) is 100 cm³/mol. The largest absolute Gasteiger partial charge is 0.384 e. The summed E-state index contributed by atoms with van der Waals surface area (Å²) in [6.45, 7) is 2.20. The second kappa shape index (κ2) is 8.17. The second-order valence-corrected chi connectivity index (χ2v) is 7.11. The van der Waals surface area contributed by atoms with Crippen LogP contribution in [0.15, 0.2) is 36.5 Å². The Morgan fingerprint density at radius 2 is 2.16 bits per heavy atom. The van der Waals surface area contributed by atoms with Gasteiger partial charge in [-0.3, -0.25) is 9.78 Å². The number of hydrogen-bond donors (Lipinski definition) is 0. The molecule has 0 N–H and O–H groups in total. The number of piperidine rings is 1. The molecule has 1 aliphatic rings. The van der Waals surface area contributed by atoms with Crippen molar-refractivity contribution in [2.75, 3.05) is 26.8 Å². The maximum Gasteiger partial charge on any atom is 0.255 e. The Bertz CT molecular complexity index is 748. The first-order valence-corrected chi connectivity index (χ1v) is 9.03. The molecule has 2 aromatic rings. The quantitative estimate of drug-likeness (QED) is 0.783. The highest BCUT2D eigenvalue weighted by Gasteiger charge is 2.24. The van der Waals surface area contributed by atoms with Gasteiger partial charge in [0.15, 0.2) is 0 Å². The molecule has 0 aliphatic carbocycles. The van der Waals surface area contributed by atoms with Crippen molar-refractivity contribution in [1.29, 1.82) is 0 Å². The van der Waals surface area contributed by atoms with Crippen LogP contribution in [0.1, 0.15) is 23.2 Å². The van der Waals surface area contributed by atoms with Crippen LogP contribution in [-0.4, -0.2) is 42.6 Å². The molecule has 0 unspecified atom stereocenters. The van der Waals surface area contributed by atoms with Crippen molar-refractivity contribution in [3.05, 3.63) is 52.1 Å². The molecule has 1 fully saturated rings. The minimum Gasteiger partial charge on any atom is -0.384 e. The Kier molecular flexibility index (Phi) is 5.94. The van der Waals surface area contributed by atoms with Crippen molar-refractivity contribution in [3.8, 4) is 11.3 Å². The van der Waals surface area contributed by atoms with Crippen LogP contribution < -0.4 is 0 Å². The Morgan fingerprint density at radius 1 is 1.32 bits per heavy atom. The van der Waals surface area contributed by atoms with Crippen molar-refractivity contribution >= 4 is 29.1 Å². The van der Waals surface area contributed by atoms with Gasteiger partial charge in [0, 0.05) is 37.0 Å². The molecule has 25 heavy (non-hydrogen) atoms. The molecule has 2 heterocycles. The van der Waals surface area contributed by atoms with Crippen molar-refractivity contribution in [2.24, 2.45) is 5.92 Å². The number of pyridine rings is 1. The van der Waals surface area contributed by atoms with Gasteiger partial charge in [0.1, 0.15) is 0 Å². The van der Waals surface area contributed by atoms with E-state index in [9.17, 15) is 4.79 Å². The van der Waals surface area contributed by atoms with Crippen LogP contribution in [0.4, 0.5) is 0 Å². The second-order valence-electron chi connectivity index (χ2n) is 6.27. The van der Waals surface area contributed by atoms with E-state index in [1.54, 1.807) is 43.6 Å². The fourth-order valence-corrected chi connectivity index (χ4v) is 3.56. The summed E-state index contributed by atoms with van der Waals surface area (Å²) in [5, 5.41) is 1.17. The molecule has 4 nitrogen and oxygen atoms in total. The molecule has 0 spiro atoms. The lowest BCUT2D eigenvalue weighted by Crippen LogP contribution is -2.41. The third-order valence-corrected chi connectivity index (χ3v) is 4.99. The number of hydrogen-bond acceptors (Lipinski definition) is 3. The lowest BCUT2D eigenvalue weighted by atomic mass is 9.98. The lowest BCUT2D eigenvalue weighted by molar-refractivity contribution is 0.0570. The summed E-state index contributed by atoms with van der Waals surface area (Å²) in [5.74, 6) is 0.414. The number of likely N-dealkylation sites (tertiary alicyclic amines) is 1. The highest BCUT2D eigenvalue weighted by atomic mass is 35.5. The van der Waals surface area contributed by atoms with E-state index in [-0.39, 0.29) is 5.91 Å². The monoisotopic (exact) mass is 378 g/mol. The van der Waals surface area contributed by atoms with Gasteiger partial charge in [-0.2, -0.15) is 0 Å². The minimum atomic E-state index is 0.0112. The van der Waals surface area contributed by atoms with Gasteiger partial charge in [0.05, 0.1) is 22.9 Å². The Balaban J connectivity index is 1.75. The van der Waals surface area contributed by atoms with E-state index in [1.165, 1.54) is 0 Å². The average molecular weight is 379 g/mol. The summed E-state index contributed by atoms with van der Waals surface area (Å²) in [6.07, 6.45) is 3.71. The first kappa shape index (κ1) is 18.2. The number of ether oxygens (including phenoxy) is 1. The van der Waals surface area contributed by atoms with E-state index in [0.29, 0.717) is 33.8 Å². The van der Waals surface area contributed by atoms with Crippen molar-refractivity contribution in [3.63, 3.8) is 0 Å². The molecular formula is C19H20Cl2N2O2. The van der Waals surface area contributed by atoms with Gasteiger partial charge in [-0.1, -0.05) is 23.2 Å².